The minimum Gasteiger partial charge on any atom is -0.462 e. The Morgan fingerprint density at radius 1 is 1.31 bits per heavy atom. The predicted octanol–water partition coefficient (Wildman–Crippen LogP) is 1.54. The van der Waals surface area contributed by atoms with Gasteiger partial charge < -0.3 is 10.1 Å². The number of rotatable bonds is 5. The van der Waals surface area contributed by atoms with E-state index in [4.69, 9.17) is 4.74 Å². The van der Waals surface area contributed by atoms with Gasteiger partial charge in [0.25, 0.3) is 0 Å². The van der Waals surface area contributed by atoms with Gasteiger partial charge in [-0.3, -0.25) is 4.79 Å². The van der Waals surface area contributed by atoms with Crippen molar-refractivity contribution in [1.29, 1.82) is 0 Å². The molecule has 0 aliphatic carbocycles. The second-order valence-electron chi connectivity index (χ2n) is 5.47. The third-order valence-electron chi connectivity index (χ3n) is 3.47. The number of esters is 1. The summed E-state index contributed by atoms with van der Waals surface area (Å²) in [4.78, 5) is 24.1. The van der Waals surface area contributed by atoms with Crippen LogP contribution in [0.15, 0.2) is 34.4 Å². The SMILES string of the molecule is CCOC(=O)C1=CN(CC(=O)Nc2ccc(F)cc2C)S(=O)(=O)N=C1C. The van der Waals surface area contributed by atoms with Crippen LogP contribution in [0.3, 0.4) is 0 Å². The lowest BCUT2D eigenvalue weighted by molar-refractivity contribution is -0.138. The Morgan fingerprint density at radius 3 is 2.62 bits per heavy atom. The number of hydrogen-bond acceptors (Lipinski definition) is 5. The van der Waals surface area contributed by atoms with Crippen molar-refractivity contribution in [3.63, 3.8) is 0 Å². The first kappa shape index (κ1) is 19.6. The van der Waals surface area contributed by atoms with Crippen molar-refractivity contribution in [3.8, 4) is 0 Å². The number of carbonyl (C=O) groups excluding carboxylic acids is 2. The van der Waals surface area contributed by atoms with E-state index in [1.54, 1.807) is 13.8 Å². The number of ether oxygens (including phenoxy) is 1. The van der Waals surface area contributed by atoms with Gasteiger partial charge in [-0.15, -0.1) is 4.40 Å². The Balaban J connectivity index is 2.20. The van der Waals surface area contributed by atoms with Crippen LogP contribution < -0.4 is 5.32 Å². The van der Waals surface area contributed by atoms with Crippen molar-refractivity contribution >= 4 is 33.5 Å². The van der Waals surface area contributed by atoms with Gasteiger partial charge in [0.1, 0.15) is 12.4 Å². The van der Waals surface area contributed by atoms with E-state index in [1.807, 2.05) is 0 Å². The Labute approximate surface area is 150 Å². The number of benzene rings is 1. The van der Waals surface area contributed by atoms with Crippen LogP contribution in [0.2, 0.25) is 0 Å². The largest absolute Gasteiger partial charge is 0.462 e. The van der Waals surface area contributed by atoms with Crippen LogP contribution in [0.4, 0.5) is 10.1 Å². The van der Waals surface area contributed by atoms with Crippen molar-refractivity contribution in [2.45, 2.75) is 20.8 Å². The molecule has 1 aliphatic rings. The summed E-state index contributed by atoms with van der Waals surface area (Å²) in [6.45, 7) is 4.09. The fourth-order valence-electron chi connectivity index (χ4n) is 2.21. The highest BCUT2D eigenvalue weighted by molar-refractivity contribution is 7.88. The predicted molar refractivity (Wildman–Crippen MR) is 93.2 cm³/mol. The smallest absolute Gasteiger partial charge is 0.344 e. The number of nitrogens with one attached hydrogen (secondary N) is 1. The van der Waals surface area contributed by atoms with Crippen LogP contribution in [0.25, 0.3) is 0 Å². The van der Waals surface area contributed by atoms with E-state index in [9.17, 15) is 22.4 Å². The van der Waals surface area contributed by atoms with Crippen LogP contribution in [-0.2, 0) is 24.5 Å². The normalized spacial score (nSPS) is 15.8. The summed E-state index contributed by atoms with van der Waals surface area (Å²) in [6, 6.07) is 3.78. The summed E-state index contributed by atoms with van der Waals surface area (Å²) in [5.41, 5.74) is 0.762. The lowest BCUT2D eigenvalue weighted by Crippen LogP contribution is -2.37. The molecule has 26 heavy (non-hydrogen) atoms. The molecule has 0 radical (unpaired) electrons. The van der Waals surface area contributed by atoms with E-state index < -0.39 is 34.4 Å². The fraction of sp³-hybridized carbons (Fsp3) is 0.312. The van der Waals surface area contributed by atoms with Crippen molar-refractivity contribution in [1.82, 2.24) is 4.31 Å². The van der Waals surface area contributed by atoms with E-state index in [2.05, 4.69) is 9.71 Å². The Bertz CT molecular complexity index is 908. The number of halogens is 1. The van der Waals surface area contributed by atoms with Gasteiger partial charge >= 0.3 is 16.2 Å². The maximum Gasteiger partial charge on any atom is 0.344 e. The van der Waals surface area contributed by atoms with Crippen molar-refractivity contribution < 1.29 is 27.1 Å². The number of carbonyl (C=O) groups is 2. The summed E-state index contributed by atoms with van der Waals surface area (Å²) in [6.07, 6.45) is 1.02. The average molecular weight is 383 g/mol. The molecule has 1 amide bonds. The van der Waals surface area contributed by atoms with Crippen LogP contribution >= 0.6 is 0 Å². The van der Waals surface area contributed by atoms with Gasteiger partial charge in [0.15, 0.2) is 0 Å². The summed E-state index contributed by atoms with van der Waals surface area (Å²) >= 11 is 0. The molecule has 0 atom stereocenters. The van der Waals surface area contributed by atoms with E-state index in [0.29, 0.717) is 15.6 Å². The summed E-state index contributed by atoms with van der Waals surface area (Å²) in [5, 5.41) is 2.50. The Morgan fingerprint density at radius 2 is 2.00 bits per heavy atom. The van der Waals surface area contributed by atoms with Gasteiger partial charge in [-0.1, -0.05) is 0 Å². The maximum atomic E-state index is 13.1. The van der Waals surface area contributed by atoms with Crippen molar-refractivity contribution in [2.24, 2.45) is 4.40 Å². The highest BCUT2D eigenvalue weighted by atomic mass is 32.2. The van der Waals surface area contributed by atoms with Gasteiger partial charge in [0.05, 0.1) is 17.9 Å². The molecule has 0 unspecified atom stereocenters. The second-order valence-corrected chi connectivity index (χ2v) is 7.02. The third kappa shape index (κ3) is 4.45. The minimum atomic E-state index is -4.14. The van der Waals surface area contributed by atoms with Crippen molar-refractivity contribution in [3.05, 3.63) is 41.4 Å². The summed E-state index contributed by atoms with van der Waals surface area (Å²) < 4.78 is 46.4. The van der Waals surface area contributed by atoms with E-state index >= 15 is 0 Å². The third-order valence-corrected chi connectivity index (χ3v) is 4.80. The molecule has 0 bridgehead atoms. The first-order valence-electron chi connectivity index (χ1n) is 7.67. The fourth-order valence-corrected chi connectivity index (χ4v) is 3.28. The number of anilines is 1. The Kier molecular flexibility index (Phi) is 5.76. The highest BCUT2D eigenvalue weighted by Gasteiger charge is 2.30. The minimum absolute atomic E-state index is 0.0190. The van der Waals surface area contributed by atoms with Gasteiger partial charge in [-0.2, -0.15) is 8.42 Å². The van der Waals surface area contributed by atoms with Gasteiger partial charge in [-0.05, 0) is 44.5 Å². The standard InChI is InChI=1S/C16H18FN3O5S/c1-4-25-16(22)13-8-20(26(23,24)19-11(13)3)9-15(21)18-14-6-5-12(17)7-10(14)2/h5-8H,4,9H2,1-3H3,(H,18,21). The Hall–Kier alpha value is -2.75. The molecule has 10 heteroatoms. The quantitative estimate of drug-likeness (QED) is 0.777. The molecule has 0 fully saturated rings. The molecule has 1 aliphatic heterocycles. The van der Waals surface area contributed by atoms with Gasteiger partial charge in [-0.25, -0.2) is 13.5 Å². The molecule has 140 valence electrons. The van der Waals surface area contributed by atoms with Crippen LogP contribution in [-0.4, -0.2) is 43.5 Å². The van der Waals surface area contributed by atoms with Crippen LogP contribution in [0.1, 0.15) is 19.4 Å². The first-order valence-corrected chi connectivity index (χ1v) is 9.07. The molecule has 1 N–H and O–H groups in total. The molecule has 2 rings (SSSR count). The summed E-state index contributed by atoms with van der Waals surface area (Å²) in [7, 11) is -4.14. The molecule has 0 saturated carbocycles. The zero-order chi connectivity index (χ0) is 19.5. The number of amides is 1. The average Bonchev–Trinajstić information content (AvgIpc) is 2.52. The van der Waals surface area contributed by atoms with E-state index in [0.717, 1.165) is 6.20 Å². The molecule has 1 aromatic rings. The lowest BCUT2D eigenvalue weighted by Gasteiger charge is -2.23. The van der Waals surface area contributed by atoms with Gasteiger partial charge in [0, 0.05) is 11.9 Å². The number of aryl methyl sites for hydroxylation is 1. The highest BCUT2D eigenvalue weighted by Crippen LogP contribution is 2.19. The van der Waals surface area contributed by atoms with Crippen LogP contribution in [0.5, 0.6) is 0 Å². The molecular formula is C16H18FN3O5S. The molecular weight excluding hydrogens is 365 g/mol. The van der Waals surface area contributed by atoms with E-state index in [-0.39, 0.29) is 17.9 Å². The molecule has 8 nitrogen and oxygen atoms in total. The molecule has 1 aromatic carbocycles. The number of nitrogens with zero attached hydrogens (tertiary/aromatic N) is 2. The molecule has 1 heterocycles. The zero-order valence-corrected chi connectivity index (χ0v) is 15.3. The molecule has 0 aromatic heterocycles. The van der Waals surface area contributed by atoms with E-state index in [1.165, 1.54) is 25.1 Å². The lowest BCUT2D eigenvalue weighted by atomic mass is 10.2. The zero-order valence-electron chi connectivity index (χ0n) is 14.4. The van der Waals surface area contributed by atoms with Crippen molar-refractivity contribution in [2.75, 3.05) is 18.5 Å². The van der Waals surface area contributed by atoms with Crippen LogP contribution in [0, 0.1) is 12.7 Å². The van der Waals surface area contributed by atoms with Gasteiger partial charge in [0.2, 0.25) is 5.91 Å². The second kappa shape index (κ2) is 7.65. The summed E-state index contributed by atoms with van der Waals surface area (Å²) in [5.74, 6) is -1.85. The molecule has 0 saturated heterocycles. The first-order chi connectivity index (χ1) is 12.1. The monoisotopic (exact) mass is 383 g/mol. The molecule has 0 spiro atoms. The maximum absolute atomic E-state index is 13.1. The topological polar surface area (TPSA) is 105 Å². The number of hydrogen-bond donors (Lipinski definition) is 1.